The van der Waals surface area contributed by atoms with Crippen LogP contribution in [0.4, 0.5) is 10.8 Å². The van der Waals surface area contributed by atoms with E-state index < -0.39 is 5.97 Å². The number of carbonyl (C=O) groups is 2. The van der Waals surface area contributed by atoms with Gasteiger partial charge < -0.3 is 14.2 Å². The largest absolute Gasteiger partial charge is 0.490 e. The second-order valence-electron chi connectivity index (χ2n) is 6.74. The van der Waals surface area contributed by atoms with Gasteiger partial charge in [0.1, 0.15) is 6.61 Å². The van der Waals surface area contributed by atoms with E-state index in [0.29, 0.717) is 51.8 Å². The summed E-state index contributed by atoms with van der Waals surface area (Å²) < 4.78 is 16.6. The van der Waals surface area contributed by atoms with Gasteiger partial charge >= 0.3 is 5.97 Å². The summed E-state index contributed by atoms with van der Waals surface area (Å²) in [5.74, 6) is 0.445. The van der Waals surface area contributed by atoms with Crippen molar-refractivity contribution < 1.29 is 23.8 Å². The van der Waals surface area contributed by atoms with Crippen LogP contribution >= 0.6 is 22.9 Å². The second kappa shape index (κ2) is 9.36. The van der Waals surface area contributed by atoms with Crippen LogP contribution in [-0.4, -0.2) is 30.1 Å². The number of nitrogens with zero attached hydrogens (tertiary/aromatic N) is 2. The van der Waals surface area contributed by atoms with Crippen molar-refractivity contribution in [3.05, 3.63) is 64.1 Å². The van der Waals surface area contributed by atoms with Crippen LogP contribution in [0.3, 0.4) is 0 Å². The minimum Gasteiger partial charge on any atom is -0.490 e. The van der Waals surface area contributed by atoms with Gasteiger partial charge in [-0.15, -0.1) is 11.3 Å². The van der Waals surface area contributed by atoms with Crippen molar-refractivity contribution in [1.29, 1.82) is 0 Å². The summed E-state index contributed by atoms with van der Waals surface area (Å²) in [5, 5.41) is 2.73. The fourth-order valence-electron chi connectivity index (χ4n) is 3.02. The number of ether oxygens (including phenoxy) is 3. The fraction of sp³-hybridized carbons (Fsp3) is 0.227. The van der Waals surface area contributed by atoms with Crippen molar-refractivity contribution in [3.8, 4) is 11.5 Å². The molecule has 9 heteroatoms. The molecular weight excluding hydrogens is 440 g/mol. The molecule has 0 saturated carbocycles. The van der Waals surface area contributed by atoms with Gasteiger partial charge in [0.05, 0.1) is 30.2 Å². The lowest BCUT2D eigenvalue weighted by Gasteiger charge is -2.18. The molecule has 1 aliphatic rings. The first kappa shape index (κ1) is 21.1. The van der Waals surface area contributed by atoms with Gasteiger partial charge in [-0.1, -0.05) is 17.7 Å². The smallest absolute Gasteiger partial charge is 0.338 e. The number of halogens is 1. The molecule has 160 valence electrons. The Hall–Kier alpha value is -3.10. The number of fused-ring (bicyclic) bond motifs is 1. The SMILES string of the molecule is CC(=O)N(c1cccc(Cl)c1)c1nc(COC(=O)c2ccc3c(c2)OCCCO3)cs1. The molecular formula is C22H19ClN2O5S. The lowest BCUT2D eigenvalue weighted by atomic mass is 10.2. The molecule has 1 aliphatic heterocycles. The third-order valence-corrected chi connectivity index (χ3v) is 5.56. The van der Waals surface area contributed by atoms with Crippen LogP contribution in [-0.2, 0) is 16.1 Å². The predicted octanol–water partition coefficient (Wildman–Crippen LogP) is 5.00. The van der Waals surface area contributed by atoms with Crippen molar-refractivity contribution >= 4 is 45.6 Å². The quantitative estimate of drug-likeness (QED) is 0.501. The van der Waals surface area contributed by atoms with E-state index in [1.807, 2.05) is 0 Å². The maximum absolute atomic E-state index is 12.5. The number of amides is 1. The zero-order chi connectivity index (χ0) is 21.8. The summed E-state index contributed by atoms with van der Waals surface area (Å²) in [5.41, 5.74) is 1.52. The number of rotatable bonds is 5. The Labute approximate surface area is 188 Å². The molecule has 1 amide bonds. The number of hydrogen-bond donors (Lipinski definition) is 0. The molecule has 0 aliphatic carbocycles. The monoisotopic (exact) mass is 458 g/mol. The maximum atomic E-state index is 12.5. The third kappa shape index (κ3) is 4.98. The number of benzene rings is 2. The Kier molecular flexibility index (Phi) is 6.39. The van der Waals surface area contributed by atoms with Gasteiger partial charge in [0.15, 0.2) is 16.6 Å². The Morgan fingerprint density at radius 2 is 1.97 bits per heavy atom. The summed E-state index contributed by atoms with van der Waals surface area (Å²) in [6.07, 6.45) is 0.785. The molecule has 7 nitrogen and oxygen atoms in total. The molecule has 0 spiro atoms. The van der Waals surface area contributed by atoms with Gasteiger partial charge in [-0.2, -0.15) is 0 Å². The first-order chi connectivity index (χ1) is 15.0. The highest BCUT2D eigenvalue weighted by Crippen LogP contribution is 2.32. The molecule has 0 bridgehead atoms. The van der Waals surface area contributed by atoms with E-state index in [4.69, 9.17) is 25.8 Å². The molecule has 4 rings (SSSR count). The molecule has 3 aromatic rings. The molecule has 1 aromatic heterocycles. The van der Waals surface area contributed by atoms with Gasteiger partial charge in [-0.3, -0.25) is 9.69 Å². The Morgan fingerprint density at radius 3 is 2.74 bits per heavy atom. The summed E-state index contributed by atoms with van der Waals surface area (Å²) in [6.45, 7) is 2.54. The molecule has 31 heavy (non-hydrogen) atoms. The van der Waals surface area contributed by atoms with Gasteiger partial charge in [0.25, 0.3) is 0 Å². The number of esters is 1. The Bertz CT molecular complexity index is 1120. The summed E-state index contributed by atoms with van der Waals surface area (Å²) in [4.78, 5) is 30.6. The van der Waals surface area contributed by atoms with Crippen molar-refractivity contribution in [3.63, 3.8) is 0 Å². The van der Waals surface area contributed by atoms with Crippen LogP contribution in [0.1, 0.15) is 29.4 Å². The molecule has 0 atom stereocenters. The van der Waals surface area contributed by atoms with E-state index in [-0.39, 0.29) is 12.5 Å². The van der Waals surface area contributed by atoms with Gasteiger partial charge in [0.2, 0.25) is 5.91 Å². The Balaban J connectivity index is 1.45. The van der Waals surface area contributed by atoms with Gasteiger partial charge in [0, 0.05) is 23.7 Å². The molecule has 0 unspecified atom stereocenters. The van der Waals surface area contributed by atoms with Crippen LogP contribution in [0.25, 0.3) is 0 Å². The normalized spacial score (nSPS) is 12.7. The summed E-state index contributed by atoms with van der Waals surface area (Å²) in [7, 11) is 0. The zero-order valence-electron chi connectivity index (χ0n) is 16.7. The third-order valence-electron chi connectivity index (χ3n) is 4.45. The standard InChI is InChI=1S/C22H19ClN2O5S/c1-14(26)25(18-5-2-4-16(23)11-18)22-24-17(13-31-22)12-30-21(27)15-6-7-19-20(10-15)29-9-3-8-28-19/h2,4-7,10-11,13H,3,8-9,12H2,1H3. The molecule has 2 heterocycles. The number of hydrogen-bond acceptors (Lipinski definition) is 7. The van der Waals surface area contributed by atoms with Crippen LogP contribution in [0.15, 0.2) is 47.8 Å². The lowest BCUT2D eigenvalue weighted by molar-refractivity contribution is -0.115. The van der Waals surface area contributed by atoms with Gasteiger partial charge in [-0.25, -0.2) is 9.78 Å². The first-order valence-corrected chi connectivity index (χ1v) is 10.8. The van der Waals surface area contributed by atoms with E-state index in [9.17, 15) is 9.59 Å². The van der Waals surface area contributed by atoms with Crippen molar-refractivity contribution in [2.24, 2.45) is 0 Å². The number of anilines is 2. The van der Waals surface area contributed by atoms with E-state index in [1.54, 1.807) is 47.8 Å². The predicted molar refractivity (Wildman–Crippen MR) is 118 cm³/mol. The van der Waals surface area contributed by atoms with E-state index in [1.165, 1.54) is 23.2 Å². The van der Waals surface area contributed by atoms with E-state index >= 15 is 0 Å². The average Bonchev–Trinajstić information content (AvgIpc) is 3.07. The molecule has 0 saturated heterocycles. The van der Waals surface area contributed by atoms with Crippen molar-refractivity contribution in [1.82, 2.24) is 4.98 Å². The van der Waals surface area contributed by atoms with E-state index in [0.717, 1.165) is 6.42 Å². The lowest BCUT2D eigenvalue weighted by Crippen LogP contribution is -2.22. The first-order valence-electron chi connectivity index (χ1n) is 9.59. The molecule has 2 aromatic carbocycles. The van der Waals surface area contributed by atoms with Crippen molar-refractivity contribution in [2.75, 3.05) is 18.1 Å². The van der Waals surface area contributed by atoms with Crippen LogP contribution in [0.2, 0.25) is 5.02 Å². The van der Waals surface area contributed by atoms with Gasteiger partial charge in [-0.05, 0) is 36.4 Å². The van der Waals surface area contributed by atoms with Crippen LogP contribution in [0.5, 0.6) is 11.5 Å². The molecule has 0 N–H and O–H groups in total. The minimum absolute atomic E-state index is 0.0228. The highest BCUT2D eigenvalue weighted by atomic mass is 35.5. The topological polar surface area (TPSA) is 78.0 Å². The van der Waals surface area contributed by atoms with E-state index in [2.05, 4.69) is 4.98 Å². The molecule has 0 fully saturated rings. The number of aromatic nitrogens is 1. The van der Waals surface area contributed by atoms with Crippen LogP contribution < -0.4 is 14.4 Å². The Morgan fingerprint density at radius 1 is 1.16 bits per heavy atom. The highest BCUT2D eigenvalue weighted by molar-refractivity contribution is 7.14. The summed E-state index contributed by atoms with van der Waals surface area (Å²) in [6, 6.07) is 11.9. The second-order valence-corrected chi connectivity index (χ2v) is 8.02. The minimum atomic E-state index is -0.497. The molecule has 0 radical (unpaired) electrons. The number of thiazole rings is 1. The maximum Gasteiger partial charge on any atom is 0.338 e. The highest BCUT2D eigenvalue weighted by Gasteiger charge is 2.19. The average molecular weight is 459 g/mol. The summed E-state index contributed by atoms with van der Waals surface area (Å²) >= 11 is 7.33. The number of carbonyl (C=O) groups excluding carboxylic acids is 2. The zero-order valence-corrected chi connectivity index (χ0v) is 18.2. The fourth-order valence-corrected chi connectivity index (χ4v) is 4.08. The van der Waals surface area contributed by atoms with Crippen molar-refractivity contribution in [2.45, 2.75) is 20.0 Å². The van der Waals surface area contributed by atoms with Crippen LogP contribution in [0, 0.1) is 0 Å².